The summed E-state index contributed by atoms with van der Waals surface area (Å²) in [6, 6.07) is 1.35. The van der Waals surface area contributed by atoms with Gasteiger partial charge in [-0.05, 0) is 39.0 Å². The van der Waals surface area contributed by atoms with Gasteiger partial charge in [0, 0.05) is 38.3 Å². The Bertz CT molecular complexity index is 412. The van der Waals surface area contributed by atoms with Crippen molar-refractivity contribution < 1.29 is 9.47 Å². The van der Waals surface area contributed by atoms with E-state index in [1.165, 1.54) is 45.1 Å². The van der Waals surface area contributed by atoms with Crippen LogP contribution in [0.2, 0.25) is 0 Å². The molecule has 0 aromatic rings. The van der Waals surface area contributed by atoms with E-state index in [4.69, 9.17) is 9.47 Å². The van der Waals surface area contributed by atoms with Gasteiger partial charge in [-0.25, -0.2) is 0 Å². The molecule has 7 heteroatoms. The van der Waals surface area contributed by atoms with E-state index in [0.717, 1.165) is 38.1 Å². The van der Waals surface area contributed by atoms with Crippen LogP contribution in [0.25, 0.3) is 0 Å². The first-order chi connectivity index (χ1) is 12.3. The lowest BCUT2D eigenvalue weighted by Gasteiger charge is -2.24. The topological polar surface area (TPSA) is 58.1 Å². The van der Waals surface area contributed by atoms with E-state index in [2.05, 4.69) is 27.4 Å². The molecule has 152 valence electrons. The van der Waals surface area contributed by atoms with Crippen LogP contribution in [0.5, 0.6) is 0 Å². The molecule has 2 N–H and O–H groups in total. The van der Waals surface area contributed by atoms with Crippen molar-refractivity contribution in [2.45, 2.75) is 70.1 Å². The van der Waals surface area contributed by atoms with Crippen LogP contribution in [0.1, 0.15) is 51.9 Å². The van der Waals surface area contributed by atoms with Gasteiger partial charge in [-0.2, -0.15) is 0 Å². The molecule has 0 aromatic heterocycles. The molecule has 0 aromatic carbocycles. The van der Waals surface area contributed by atoms with Crippen molar-refractivity contribution in [3.8, 4) is 0 Å². The Morgan fingerprint density at radius 3 is 2.77 bits per heavy atom. The molecule has 2 aliphatic heterocycles. The van der Waals surface area contributed by atoms with Crippen LogP contribution in [-0.2, 0) is 9.47 Å². The molecule has 0 spiro atoms. The lowest BCUT2D eigenvalue weighted by molar-refractivity contribution is 0.0200. The van der Waals surface area contributed by atoms with Gasteiger partial charge >= 0.3 is 0 Å². The molecule has 1 saturated carbocycles. The molecule has 2 saturated heterocycles. The van der Waals surface area contributed by atoms with Crippen LogP contribution in [0.15, 0.2) is 4.99 Å². The highest BCUT2D eigenvalue weighted by Gasteiger charge is 2.30. The van der Waals surface area contributed by atoms with Gasteiger partial charge in [0.05, 0.1) is 25.9 Å². The molecule has 0 radical (unpaired) electrons. The monoisotopic (exact) mass is 480 g/mol. The number of nitrogens with one attached hydrogen (secondary N) is 2. The predicted molar refractivity (Wildman–Crippen MR) is 117 cm³/mol. The van der Waals surface area contributed by atoms with Gasteiger partial charge in [0.25, 0.3) is 0 Å². The summed E-state index contributed by atoms with van der Waals surface area (Å²) in [6.07, 6.45) is 9.43. The standard InChI is InChI=1S/C19H36N4O2.HI/c1-2-20-19(21-10-13-24-15-18-8-5-12-25-18)22-16-9-11-23(14-16)17-6-3-4-7-17;/h16-18H,2-15H2,1H3,(H2,20,21,22);1H. The lowest BCUT2D eigenvalue weighted by atomic mass is 10.2. The van der Waals surface area contributed by atoms with Crippen LogP contribution in [0.3, 0.4) is 0 Å². The number of guanidine groups is 1. The zero-order chi connectivity index (χ0) is 17.3. The maximum absolute atomic E-state index is 5.70. The highest BCUT2D eigenvalue weighted by molar-refractivity contribution is 14.0. The van der Waals surface area contributed by atoms with Gasteiger partial charge in [-0.1, -0.05) is 12.8 Å². The first kappa shape index (κ1) is 22.2. The largest absolute Gasteiger partial charge is 0.377 e. The van der Waals surface area contributed by atoms with Crippen molar-refractivity contribution in [1.29, 1.82) is 0 Å². The van der Waals surface area contributed by atoms with Crippen molar-refractivity contribution in [3.05, 3.63) is 0 Å². The summed E-state index contributed by atoms with van der Waals surface area (Å²) >= 11 is 0. The van der Waals surface area contributed by atoms with E-state index in [1.54, 1.807) is 0 Å². The van der Waals surface area contributed by atoms with Gasteiger partial charge in [-0.15, -0.1) is 24.0 Å². The number of likely N-dealkylation sites (tertiary alicyclic amines) is 1. The zero-order valence-electron chi connectivity index (χ0n) is 16.3. The van der Waals surface area contributed by atoms with Crippen molar-refractivity contribution in [1.82, 2.24) is 15.5 Å². The second kappa shape index (κ2) is 12.4. The van der Waals surface area contributed by atoms with Gasteiger partial charge in [0.2, 0.25) is 0 Å². The second-order valence-electron chi connectivity index (χ2n) is 7.53. The Morgan fingerprint density at radius 1 is 1.19 bits per heavy atom. The molecule has 3 fully saturated rings. The van der Waals surface area contributed by atoms with E-state index in [-0.39, 0.29) is 24.0 Å². The number of hydrogen-bond acceptors (Lipinski definition) is 4. The number of nitrogens with zero attached hydrogens (tertiary/aromatic N) is 2. The molecule has 0 bridgehead atoms. The van der Waals surface area contributed by atoms with E-state index < -0.39 is 0 Å². The minimum atomic E-state index is 0. The number of aliphatic imine (C=N–C) groups is 1. The number of hydrogen-bond donors (Lipinski definition) is 2. The molecule has 2 heterocycles. The highest BCUT2D eigenvalue weighted by atomic mass is 127. The molecule has 6 nitrogen and oxygen atoms in total. The smallest absolute Gasteiger partial charge is 0.191 e. The zero-order valence-corrected chi connectivity index (χ0v) is 18.6. The highest BCUT2D eigenvalue weighted by Crippen LogP contribution is 2.26. The maximum atomic E-state index is 5.70. The minimum absolute atomic E-state index is 0. The average molecular weight is 480 g/mol. The van der Waals surface area contributed by atoms with E-state index in [9.17, 15) is 0 Å². The molecule has 26 heavy (non-hydrogen) atoms. The van der Waals surface area contributed by atoms with Crippen LogP contribution < -0.4 is 10.6 Å². The fourth-order valence-corrected chi connectivity index (χ4v) is 4.23. The Kier molecular flexibility index (Phi) is 10.5. The van der Waals surface area contributed by atoms with Gasteiger partial charge in [0.1, 0.15) is 0 Å². The summed E-state index contributed by atoms with van der Waals surface area (Å²) in [7, 11) is 0. The summed E-state index contributed by atoms with van der Waals surface area (Å²) < 4.78 is 11.3. The summed E-state index contributed by atoms with van der Waals surface area (Å²) in [4.78, 5) is 7.35. The first-order valence-corrected chi connectivity index (χ1v) is 10.3. The molecule has 2 atom stereocenters. The van der Waals surface area contributed by atoms with E-state index in [1.807, 2.05) is 0 Å². The van der Waals surface area contributed by atoms with Gasteiger partial charge < -0.3 is 20.1 Å². The fraction of sp³-hybridized carbons (Fsp3) is 0.947. The Balaban J connectivity index is 0.00000243. The third-order valence-corrected chi connectivity index (χ3v) is 5.58. The summed E-state index contributed by atoms with van der Waals surface area (Å²) in [5.74, 6) is 0.932. The fourth-order valence-electron chi connectivity index (χ4n) is 4.23. The van der Waals surface area contributed by atoms with Gasteiger partial charge in [-0.3, -0.25) is 9.89 Å². The maximum Gasteiger partial charge on any atom is 0.191 e. The Labute approximate surface area is 175 Å². The van der Waals surface area contributed by atoms with Crippen molar-refractivity contribution in [3.63, 3.8) is 0 Å². The second-order valence-corrected chi connectivity index (χ2v) is 7.53. The quantitative estimate of drug-likeness (QED) is 0.242. The van der Waals surface area contributed by atoms with E-state index in [0.29, 0.717) is 31.9 Å². The third kappa shape index (κ3) is 7.13. The summed E-state index contributed by atoms with van der Waals surface area (Å²) in [6.45, 7) is 8.35. The van der Waals surface area contributed by atoms with Crippen LogP contribution in [0.4, 0.5) is 0 Å². The van der Waals surface area contributed by atoms with Crippen LogP contribution in [0, 0.1) is 0 Å². The molecule has 3 rings (SSSR count). The summed E-state index contributed by atoms with van der Waals surface area (Å²) in [5, 5.41) is 6.99. The van der Waals surface area contributed by atoms with Gasteiger partial charge in [0.15, 0.2) is 5.96 Å². The van der Waals surface area contributed by atoms with E-state index >= 15 is 0 Å². The van der Waals surface area contributed by atoms with Crippen LogP contribution in [-0.4, -0.2) is 75.0 Å². The normalized spacial score (nSPS) is 27.7. The lowest BCUT2D eigenvalue weighted by Crippen LogP contribution is -2.45. The van der Waals surface area contributed by atoms with Crippen molar-refractivity contribution in [2.75, 3.05) is 46.0 Å². The Morgan fingerprint density at radius 2 is 2.04 bits per heavy atom. The third-order valence-electron chi connectivity index (χ3n) is 5.58. The molecule has 0 amide bonds. The number of rotatable bonds is 8. The molecular formula is C19H37IN4O2. The van der Waals surface area contributed by atoms with Crippen molar-refractivity contribution in [2.24, 2.45) is 4.99 Å². The predicted octanol–water partition coefficient (Wildman–Crippen LogP) is 2.37. The molecule has 1 aliphatic carbocycles. The molecule has 3 aliphatic rings. The molecular weight excluding hydrogens is 443 g/mol. The number of ether oxygens (including phenoxy) is 2. The van der Waals surface area contributed by atoms with Crippen LogP contribution >= 0.6 is 24.0 Å². The SMILES string of the molecule is CCNC(=NCCOCC1CCCO1)NC1CCN(C2CCCC2)C1.I. The summed E-state index contributed by atoms with van der Waals surface area (Å²) in [5.41, 5.74) is 0. The molecule has 2 unspecified atom stereocenters. The Hall–Kier alpha value is -0.120. The first-order valence-electron chi connectivity index (χ1n) is 10.3. The minimum Gasteiger partial charge on any atom is -0.377 e. The number of halogens is 1. The average Bonchev–Trinajstić information content (AvgIpc) is 3.37. The van der Waals surface area contributed by atoms with Crippen molar-refractivity contribution >= 4 is 29.9 Å².